The molecule has 0 fully saturated rings. The zero-order valence-electron chi connectivity index (χ0n) is 15.5. The number of carbonyl (C=O) groups is 1. The van der Waals surface area contributed by atoms with Crippen LogP contribution in [0.2, 0.25) is 0 Å². The van der Waals surface area contributed by atoms with Crippen LogP contribution < -0.4 is 10.0 Å². The smallest absolute Gasteiger partial charge is 0.411 e. The number of non-ortho nitro benzene ring substituents is 1. The molecule has 2 aromatic rings. The largest absolute Gasteiger partial charge is 0.449 e. The Kier molecular flexibility index (Phi) is 7.07. The molecule has 1 amide bonds. The Morgan fingerprint density at radius 1 is 1.18 bits per heavy atom. The van der Waals surface area contributed by atoms with Crippen LogP contribution in [-0.2, 0) is 14.8 Å². The summed E-state index contributed by atoms with van der Waals surface area (Å²) in [5.74, 6) is 0. The van der Waals surface area contributed by atoms with Crippen LogP contribution in [0.5, 0.6) is 0 Å². The van der Waals surface area contributed by atoms with E-state index in [0.717, 1.165) is 17.2 Å². The number of nitro groups is 1. The summed E-state index contributed by atoms with van der Waals surface area (Å²) in [6.07, 6.45) is -0.385. The number of hydrogen-bond acceptors (Lipinski definition) is 6. The Morgan fingerprint density at radius 2 is 1.93 bits per heavy atom. The Labute approximate surface area is 162 Å². The second-order valence-electron chi connectivity index (χ2n) is 6.09. The van der Waals surface area contributed by atoms with Crippen molar-refractivity contribution in [3.05, 3.63) is 63.7 Å². The molecular formula is C18H21N3O6S. The summed E-state index contributed by atoms with van der Waals surface area (Å²) in [6, 6.07) is 10.4. The van der Waals surface area contributed by atoms with Crippen molar-refractivity contribution in [2.45, 2.75) is 25.2 Å². The lowest BCUT2D eigenvalue weighted by Gasteiger charge is -2.10. The first-order valence-electron chi connectivity index (χ1n) is 8.44. The molecule has 0 heterocycles. The predicted molar refractivity (Wildman–Crippen MR) is 104 cm³/mol. The van der Waals surface area contributed by atoms with Crippen molar-refractivity contribution in [3.8, 4) is 0 Å². The molecule has 0 unspecified atom stereocenters. The van der Waals surface area contributed by atoms with Gasteiger partial charge in [-0.1, -0.05) is 18.2 Å². The zero-order chi connectivity index (χ0) is 20.7. The first-order valence-corrected chi connectivity index (χ1v) is 9.92. The van der Waals surface area contributed by atoms with Gasteiger partial charge < -0.3 is 4.74 Å². The van der Waals surface area contributed by atoms with Gasteiger partial charge in [0.25, 0.3) is 5.69 Å². The maximum Gasteiger partial charge on any atom is 0.411 e. The van der Waals surface area contributed by atoms with Gasteiger partial charge in [-0.15, -0.1) is 0 Å². The quantitative estimate of drug-likeness (QED) is 0.393. The Bertz CT molecular complexity index is 975. The summed E-state index contributed by atoms with van der Waals surface area (Å²) in [5, 5.41) is 13.4. The maximum absolute atomic E-state index is 12.2. The van der Waals surface area contributed by atoms with Crippen LogP contribution in [-0.4, -0.2) is 32.6 Å². The lowest BCUT2D eigenvalue weighted by atomic mass is 10.1. The summed E-state index contributed by atoms with van der Waals surface area (Å²) in [6.45, 7) is 3.79. The van der Waals surface area contributed by atoms with E-state index in [1.165, 1.54) is 18.2 Å². The van der Waals surface area contributed by atoms with Gasteiger partial charge >= 0.3 is 6.09 Å². The number of hydrogen-bond donors (Lipinski definition) is 2. The van der Waals surface area contributed by atoms with E-state index < -0.39 is 21.0 Å². The molecule has 28 heavy (non-hydrogen) atoms. The van der Waals surface area contributed by atoms with Gasteiger partial charge in [0, 0.05) is 24.4 Å². The molecule has 0 aliphatic rings. The highest BCUT2D eigenvalue weighted by atomic mass is 32.2. The minimum atomic E-state index is -3.89. The number of amides is 1. The van der Waals surface area contributed by atoms with Crippen LogP contribution in [0.4, 0.5) is 16.2 Å². The number of carbonyl (C=O) groups excluding carboxylic acids is 1. The Hall–Kier alpha value is -2.98. The molecule has 10 heteroatoms. The summed E-state index contributed by atoms with van der Waals surface area (Å²) in [5.41, 5.74) is 2.23. The molecule has 0 aliphatic heterocycles. The molecule has 0 bridgehead atoms. The molecule has 0 saturated carbocycles. The van der Waals surface area contributed by atoms with E-state index in [-0.39, 0.29) is 30.2 Å². The minimum Gasteiger partial charge on any atom is -0.449 e. The normalized spacial score (nSPS) is 11.1. The maximum atomic E-state index is 12.2. The van der Waals surface area contributed by atoms with E-state index in [4.69, 9.17) is 4.74 Å². The van der Waals surface area contributed by atoms with Crippen LogP contribution in [0, 0.1) is 24.0 Å². The van der Waals surface area contributed by atoms with Gasteiger partial charge in [0.1, 0.15) is 0 Å². The van der Waals surface area contributed by atoms with Gasteiger partial charge in [0.05, 0.1) is 16.4 Å². The third kappa shape index (κ3) is 6.03. The molecule has 2 rings (SSSR count). The van der Waals surface area contributed by atoms with Crippen LogP contribution >= 0.6 is 0 Å². The number of ether oxygens (including phenoxy) is 1. The molecule has 0 radical (unpaired) electrons. The van der Waals surface area contributed by atoms with Gasteiger partial charge in [-0.3, -0.25) is 15.4 Å². The minimum absolute atomic E-state index is 0.00809. The molecule has 9 nitrogen and oxygen atoms in total. The van der Waals surface area contributed by atoms with Crippen LogP contribution in [0.25, 0.3) is 0 Å². The summed E-state index contributed by atoms with van der Waals surface area (Å²) < 4.78 is 31.7. The zero-order valence-corrected chi connectivity index (χ0v) is 16.3. The molecule has 2 N–H and O–H groups in total. The number of nitrogens with zero attached hydrogens (tertiary/aromatic N) is 1. The highest BCUT2D eigenvalue weighted by Crippen LogP contribution is 2.17. The Balaban J connectivity index is 1.79. The van der Waals surface area contributed by atoms with Gasteiger partial charge in [-0.05, 0) is 43.5 Å². The third-order valence-electron chi connectivity index (χ3n) is 3.81. The van der Waals surface area contributed by atoms with Crippen molar-refractivity contribution in [1.29, 1.82) is 0 Å². The molecule has 0 aromatic heterocycles. The van der Waals surface area contributed by atoms with E-state index in [9.17, 15) is 23.3 Å². The molecule has 2 aromatic carbocycles. The molecular weight excluding hydrogens is 386 g/mol. The first kappa shape index (κ1) is 21.3. The van der Waals surface area contributed by atoms with Crippen molar-refractivity contribution in [3.63, 3.8) is 0 Å². The number of nitrogens with one attached hydrogen (secondary N) is 2. The van der Waals surface area contributed by atoms with E-state index in [0.29, 0.717) is 5.69 Å². The van der Waals surface area contributed by atoms with E-state index >= 15 is 0 Å². The number of sulfonamides is 1. The third-order valence-corrected chi connectivity index (χ3v) is 5.27. The molecule has 0 aliphatic carbocycles. The van der Waals surface area contributed by atoms with Gasteiger partial charge in [0.15, 0.2) is 0 Å². The monoisotopic (exact) mass is 407 g/mol. The number of aryl methyl sites for hydroxylation is 2. The van der Waals surface area contributed by atoms with E-state index in [1.807, 2.05) is 32.0 Å². The van der Waals surface area contributed by atoms with Gasteiger partial charge in [0.2, 0.25) is 10.0 Å². The first-order chi connectivity index (χ1) is 13.2. The second kappa shape index (κ2) is 9.29. The predicted octanol–water partition coefficient (Wildman–Crippen LogP) is 3.13. The van der Waals surface area contributed by atoms with E-state index in [1.54, 1.807) is 0 Å². The number of rotatable bonds is 8. The van der Waals surface area contributed by atoms with Crippen molar-refractivity contribution in [2.24, 2.45) is 0 Å². The molecule has 0 atom stereocenters. The number of benzene rings is 2. The summed E-state index contributed by atoms with van der Waals surface area (Å²) in [4.78, 5) is 21.7. The second-order valence-corrected chi connectivity index (χ2v) is 7.85. The van der Waals surface area contributed by atoms with Crippen LogP contribution in [0.15, 0.2) is 47.4 Å². The van der Waals surface area contributed by atoms with Gasteiger partial charge in [-0.25, -0.2) is 17.9 Å². The average molecular weight is 407 g/mol. The molecule has 150 valence electrons. The summed E-state index contributed by atoms with van der Waals surface area (Å²) in [7, 11) is -3.89. The van der Waals surface area contributed by atoms with Crippen LogP contribution in [0.1, 0.15) is 17.5 Å². The fourth-order valence-corrected chi connectivity index (χ4v) is 3.42. The van der Waals surface area contributed by atoms with Crippen molar-refractivity contribution < 1.29 is 22.9 Å². The summed E-state index contributed by atoms with van der Waals surface area (Å²) >= 11 is 0. The Morgan fingerprint density at radius 3 is 2.64 bits per heavy atom. The fraction of sp³-hybridized carbons (Fsp3) is 0.278. The molecule has 0 saturated heterocycles. The van der Waals surface area contributed by atoms with Crippen molar-refractivity contribution >= 4 is 27.5 Å². The molecule has 0 spiro atoms. The highest BCUT2D eigenvalue weighted by molar-refractivity contribution is 7.89. The average Bonchev–Trinajstić information content (AvgIpc) is 2.64. The van der Waals surface area contributed by atoms with E-state index in [2.05, 4.69) is 10.0 Å². The number of nitro benzene ring substituents is 1. The van der Waals surface area contributed by atoms with Crippen LogP contribution in [0.3, 0.4) is 0 Å². The lowest BCUT2D eigenvalue weighted by Crippen LogP contribution is -2.26. The van der Waals surface area contributed by atoms with Gasteiger partial charge in [-0.2, -0.15) is 0 Å². The van der Waals surface area contributed by atoms with Crippen molar-refractivity contribution in [1.82, 2.24) is 4.72 Å². The highest BCUT2D eigenvalue weighted by Gasteiger charge is 2.17. The lowest BCUT2D eigenvalue weighted by molar-refractivity contribution is -0.385. The fourth-order valence-electron chi connectivity index (χ4n) is 2.31. The topological polar surface area (TPSA) is 128 Å². The standard InChI is InChI=1S/C18H21N3O6S/c1-13-7-8-14(2)17(11-13)20-18(22)27-10-4-9-19-28(25,26)16-6-3-5-15(12-16)21(23)24/h3,5-8,11-12,19H,4,9-10H2,1-2H3,(H,20,22). The number of anilines is 1. The van der Waals surface area contributed by atoms with Crippen molar-refractivity contribution in [2.75, 3.05) is 18.5 Å². The SMILES string of the molecule is Cc1ccc(C)c(NC(=O)OCCCNS(=O)(=O)c2cccc([N+](=O)[O-])c2)c1.